The molecule has 1 atom stereocenters. The van der Waals surface area contributed by atoms with Crippen LogP contribution in [0.4, 0.5) is 5.69 Å². The van der Waals surface area contributed by atoms with E-state index in [1.54, 1.807) is 0 Å². The molecule has 0 spiro atoms. The maximum Gasteiger partial charge on any atom is 0.0604 e. The normalized spacial score (nSPS) is 29.2. The van der Waals surface area contributed by atoms with Gasteiger partial charge in [0.1, 0.15) is 0 Å². The van der Waals surface area contributed by atoms with Crippen molar-refractivity contribution in [3.05, 3.63) is 29.8 Å². The van der Waals surface area contributed by atoms with Crippen LogP contribution < -0.4 is 10.6 Å². The Hall–Kier alpha value is -1.06. The molecular weight excluding hydrogens is 236 g/mol. The summed E-state index contributed by atoms with van der Waals surface area (Å²) < 4.78 is 5.59. The van der Waals surface area contributed by atoms with Crippen LogP contribution in [0.25, 0.3) is 0 Å². The molecule has 0 radical (unpaired) electrons. The molecule has 1 heterocycles. The molecule has 0 saturated heterocycles. The third-order valence-electron chi connectivity index (χ3n) is 4.30. The number of fused-ring (bicyclic) bond motifs is 1. The number of nitrogens with one attached hydrogen (secondary N) is 2. The molecule has 3 rings (SSSR count). The van der Waals surface area contributed by atoms with Crippen molar-refractivity contribution in [2.24, 2.45) is 5.92 Å². The number of para-hydroxylation sites is 1. The summed E-state index contributed by atoms with van der Waals surface area (Å²) in [5.41, 5.74) is 2.78. The first-order valence-corrected chi connectivity index (χ1v) is 7.52. The fourth-order valence-corrected chi connectivity index (χ4v) is 3.09. The fourth-order valence-electron chi connectivity index (χ4n) is 3.09. The second-order valence-electron chi connectivity index (χ2n) is 5.76. The van der Waals surface area contributed by atoms with E-state index in [0.717, 1.165) is 19.7 Å². The van der Waals surface area contributed by atoms with Crippen LogP contribution in [0.3, 0.4) is 0 Å². The Kier molecular flexibility index (Phi) is 4.04. The number of benzene rings is 1. The fraction of sp³-hybridized carbons (Fsp3) is 0.625. The second kappa shape index (κ2) is 5.93. The number of hydrogen-bond donors (Lipinski definition) is 2. The minimum Gasteiger partial charge on any atom is -0.384 e. The molecule has 1 aliphatic carbocycles. The lowest BCUT2D eigenvalue weighted by atomic mass is 9.88. The zero-order valence-corrected chi connectivity index (χ0v) is 11.7. The molecule has 0 amide bonds. The summed E-state index contributed by atoms with van der Waals surface area (Å²) in [6.45, 7) is 5.13. The SMILES string of the molecule is CCOC1CC(NCC2CNc3ccccc3C2)C1. The van der Waals surface area contributed by atoms with E-state index >= 15 is 0 Å². The Morgan fingerprint density at radius 1 is 1.32 bits per heavy atom. The van der Waals surface area contributed by atoms with Gasteiger partial charge in [0.25, 0.3) is 0 Å². The first-order valence-electron chi connectivity index (χ1n) is 7.52. The Balaban J connectivity index is 1.41. The number of ether oxygens (including phenoxy) is 1. The Labute approximate surface area is 115 Å². The van der Waals surface area contributed by atoms with Gasteiger partial charge in [0.05, 0.1) is 6.10 Å². The molecule has 2 N–H and O–H groups in total. The third-order valence-corrected chi connectivity index (χ3v) is 4.30. The van der Waals surface area contributed by atoms with Crippen LogP contribution in [0.1, 0.15) is 25.3 Å². The van der Waals surface area contributed by atoms with Gasteiger partial charge >= 0.3 is 0 Å². The van der Waals surface area contributed by atoms with Crippen LogP contribution in [0.5, 0.6) is 0 Å². The predicted octanol–water partition coefficient (Wildman–Crippen LogP) is 2.43. The van der Waals surface area contributed by atoms with Gasteiger partial charge in [0.15, 0.2) is 0 Å². The number of anilines is 1. The van der Waals surface area contributed by atoms with Gasteiger partial charge in [-0.05, 0) is 43.7 Å². The summed E-state index contributed by atoms with van der Waals surface area (Å²) in [7, 11) is 0. The van der Waals surface area contributed by atoms with Gasteiger partial charge in [0, 0.05) is 31.4 Å². The summed E-state index contributed by atoms with van der Waals surface area (Å²) in [5.74, 6) is 0.709. The molecular formula is C16H24N2O. The molecule has 1 unspecified atom stereocenters. The van der Waals surface area contributed by atoms with Crippen molar-refractivity contribution < 1.29 is 4.74 Å². The highest BCUT2D eigenvalue weighted by atomic mass is 16.5. The van der Waals surface area contributed by atoms with E-state index in [9.17, 15) is 0 Å². The lowest BCUT2D eigenvalue weighted by Crippen LogP contribution is -2.48. The third kappa shape index (κ3) is 3.10. The number of rotatable bonds is 5. The first kappa shape index (κ1) is 12.9. The molecule has 1 aromatic rings. The lowest BCUT2D eigenvalue weighted by Gasteiger charge is -2.37. The van der Waals surface area contributed by atoms with E-state index in [0.29, 0.717) is 18.1 Å². The first-order chi connectivity index (χ1) is 9.35. The van der Waals surface area contributed by atoms with Crippen molar-refractivity contribution in [1.29, 1.82) is 0 Å². The number of hydrogen-bond acceptors (Lipinski definition) is 3. The molecule has 2 aliphatic rings. The van der Waals surface area contributed by atoms with Crippen molar-refractivity contribution in [3.8, 4) is 0 Å². The summed E-state index contributed by atoms with van der Waals surface area (Å²) in [4.78, 5) is 0. The Morgan fingerprint density at radius 2 is 2.16 bits per heavy atom. The smallest absolute Gasteiger partial charge is 0.0604 e. The standard InChI is InChI=1S/C16H24N2O/c1-2-19-15-8-14(9-15)17-10-12-7-13-5-3-4-6-16(13)18-11-12/h3-6,12,14-15,17-18H,2,7-11H2,1H3. The Bertz CT molecular complexity index is 415. The summed E-state index contributed by atoms with van der Waals surface area (Å²) in [6, 6.07) is 9.33. The predicted molar refractivity (Wildman–Crippen MR) is 78.6 cm³/mol. The Morgan fingerprint density at radius 3 is 3.00 bits per heavy atom. The van der Waals surface area contributed by atoms with Crippen molar-refractivity contribution in [2.45, 2.75) is 38.3 Å². The molecule has 3 nitrogen and oxygen atoms in total. The highest BCUT2D eigenvalue weighted by Crippen LogP contribution is 2.26. The van der Waals surface area contributed by atoms with E-state index < -0.39 is 0 Å². The summed E-state index contributed by atoms with van der Waals surface area (Å²) >= 11 is 0. The molecule has 1 aromatic carbocycles. The molecule has 0 aromatic heterocycles. The average molecular weight is 260 g/mol. The zero-order chi connectivity index (χ0) is 13.1. The van der Waals surface area contributed by atoms with Gasteiger partial charge in [-0.3, -0.25) is 0 Å². The van der Waals surface area contributed by atoms with E-state index in [4.69, 9.17) is 4.74 Å². The van der Waals surface area contributed by atoms with Crippen molar-refractivity contribution >= 4 is 5.69 Å². The topological polar surface area (TPSA) is 33.3 Å². The minimum atomic E-state index is 0.507. The molecule has 0 bridgehead atoms. The molecule has 19 heavy (non-hydrogen) atoms. The maximum absolute atomic E-state index is 5.59. The van der Waals surface area contributed by atoms with Crippen LogP contribution in [-0.4, -0.2) is 31.8 Å². The molecule has 1 saturated carbocycles. The van der Waals surface area contributed by atoms with Crippen molar-refractivity contribution in [2.75, 3.05) is 25.0 Å². The minimum absolute atomic E-state index is 0.507. The quantitative estimate of drug-likeness (QED) is 0.853. The second-order valence-corrected chi connectivity index (χ2v) is 5.76. The van der Waals surface area contributed by atoms with Crippen LogP contribution in [-0.2, 0) is 11.2 Å². The van der Waals surface area contributed by atoms with Crippen molar-refractivity contribution in [1.82, 2.24) is 5.32 Å². The van der Waals surface area contributed by atoms with E-state index in [1.807, 2.05) is 0 Å². The lowest BCUT2D eigenvalue weighted by molar-refractivity contribution is -0.0105. The highest BCUT2D eigenvalue weighted by molar-refractivity contribution is 5.53. The average Bonchev–Trinajstić information content (AvgIpc) is 2.41. The monoisotopic (exact) mass is 260 g/mol. The van der Waals surface area contributed by atoms with Gasteiger partial charge in [-0.2, -0.15) is 0 Å². The molecule has 3 heteroatoms. The van der Waals surface area contributed by atoms with E-state index in [1.165, 1.54) is 30.5 Å². The highest BCUT2D eigenvalue weighted by Gasteiger charge is 2.29. The van der Waals surface area contributed by atoms with Gasteiger partial charge in [0.2, 0.25) is 0 Å². The van der Waals surface area contributed by atoms with Gasteiger partial charge in [-0.15, -0.1) is 0 Å². The molecule has 1 aliphatic heterocycles. The zero-order valence-electron chi connectivity index (χ0n) is 11.7. The van der Waals surface area contributed by atoms with Gasteiger partial charge in [-0.1, -0.05) is 18.2 Å². The largest absolute Gasteiger partial charge is 0.384 e. The van der Waals surface area contributed by atoms with Gasteiger partial charge < -0.3 is 15.4 Å². The molecule has 1 fully saturated rings. The molecule has 104 valence electrons. The van der Waals surface area contributed by atoms with Crippen LogP contribution >= 0.6 is 0 Å². The summed E-state index contributed by atoms with van der Waals surface area (Å²) in [6.07, 6.45) is 4.07. The van der Waals surface area contributed by atoms with E-state index in [-0.39, 0.29) is 0 Å². The van der Waals surface area contributed by atoms with Crippen molar-refractivity contribution in [3.63, 3.8) is 0 Å². The van der Waals surface area contributed by atoms with Crippen LogP contribution in [0.15, 0.2) is 24.3 Å². The van der Waals surface area contributed by atoms with Gasteiger partial charge in [-0.25, -0.2) is 0 Å². The summed E-state index contributed by atoms with van der Waals surface area (Å²) in [5, 5.41) is 7.22. The van der Waals surface area contributed by atoms with Crippen LogP contribution in [0.2, 0.25) is 0 Å². The van der Waals surface area contributed by atoms with E-state index in [2.05, 4.69) is 41.8 Å². The maximum atomic E-state index is 5.59. The van der Waals surface area contributed by atoms with Crippen LogP contribution in [0, 0.1) is 5.92 Å².